The van der Waals surface area contributed by atoms with E-state index in [0.717, 1.165) is 26.5 Å². The SMILES string of the molecule is COc1cc(/C=C2/SC(=O)N(C(C)C)C2=O)cc(I)c1OCc1ccc(I)cc1. The number of carbonyl (C=O) groups excluding carboxylic acids is 2. The molecule has 0 bridgehead atoms. The van der Waals surface area contributed by atoms with Gasteiger partial charge >= 0.3 is 0 Å². The third kappa shape index (κ3) is 5.26. The number of amides is 2. The van der Waals surface area contributed by atoms with Gasteiger partial charge in [-0.3, -0.25) is 14.5 Å². The largest absolute Gasteiger partial charge is 0.493 e. The average Bonchev–Trinajstić information content (AvgIpc) is 2.95. The lowest BCUT2D eigenvalue weighted by Gasteiger charge is -2.16. The predicted octanol–water partition coefficient (Wildman–Crippen LogP) is 5.93. The molecule has 3 rings (SSSR count). The van der Waals surface area contributed by atoms with Crippen LogP contribution >= 0.6 is 56.9 Å². The summed E-state index contributed by atoms with van der Waals surface area (Å²) in [6.45, 7) is 4.08. The first kappa shape index (κ1) is 22.4. The van der Waals surface area contributed by atoms with E-state index in [1.165, 1.54) is 8.47 Å². The molecule has 2 aromatic carbocycles. The van der Waals surface area contributed by atoms with Gasteiger partial charge in [-0.05, 0) is 112 Å². The summed E-state index contributed by atoms with van der Waals surface area (Å²) in [6, 6.07) is 11.7. The van der Waals surface area contributed by atoms with E-state index < -0.39 is 0 Å². The molecule has 1 fully saturated rings. The molecule has 2 aromatic rings. The smallest absolute Gasteiger partial charge is 0.293 e. The molecule has 0 unspecified atom stereocenters. The van der Waals surface area contributed by atoms with Crippen LogP contribution in [0.5, 0.6) is 11.5 Å². The van der Waals surface area contributed by atoms with Crippen LogP contribution in [0.2, 0.25) is 0 Å². The number of halogens is 2. The minimum Gasteiger partial charge on any atom is -0.493 e. The van der Waals surface area contributed by atoms with Crippen LogP contribution in [0.1, 0.15) is 25.0 Å². The summed E-state index contributed by atoms with van der Waals surface area (Å²) in [4.78, 5) is 26.3. The van der Waals surface area contributed by atoms with Gasteiger partial charge in [0.1, 0.15) is 6.61 Å². The normalized spacial score (nSPS) is 15.5. The molecule has 1 heterocycles. The third-order valence-electron chi connectivity index (χ3n) is 4.19. The number of methoxy groups -OCH3 is 1. The first-order valence-electron chi connectivity index (χ1n) is 8.82. The lowest BCUT2D eigenvalue weighted by atomic mass is 10.1. The van der Waals surface area contributed by atoms with E-state index in [-0.39, 0.29) is 17.2 Å². The fraction of sp³-hybridized carbons (Fsp3) is 0.238. The number of benzene rings is 2. The van der Waals surface area contributed by atoms with Crippen LogP contribution < -0.4 is 9.47 Å². The van der Waals surface area contributed by atoms with Crippen molar-refractivity contribution in [3.63, 3.8) is 0 Å². The molecule has 2 amide bonds. The van der Waals surface area contributed by atoms with Gasteiger partial charge in [0.2, 0.25) is 0 Å². The second kappa shape index (κ2) is 9.69. The van der Waals surface area contributed by atoms with Crippen LogP contribution in [-0.4, -0.2) is 29.2 Å². The van der Waals surface area contributed by atoms with Gasteiger partial charge in [0.25, 0.3) is 11.1 Å². The number of nitrogens with zero attached hydrogens (tertiary/aromatic N) is 1. The van der Waals surface area contributed by atoms with E-state index in [1.54, 1.807) is 13.2 Å². The fourth-order valence-electron chi connectivity index (χ4n) is 2.78. The standard InChI is InChI=1S/C21H19I2NO4S/c1-12(2)24-20(25)18(29-21(24)26)10-14-8-16(23)19(17(9-14)27-3)28-11-13-4-6-15(22)7-5-13/h4-10,12H,11H2,1-3H3/b18-10+. The fourth-order valence-corrected chi connectivity index (χ4v) is 4.88. The monoisotopic (exact) mass is 635 g/mol. The van der Waals surface area contributed by atoms with Gasteiger partial charge < -0.3 is 9.47 Å². The van der Waals surface area contributed by atoms with E-state index in [2.05, 4.69) is 45.2 Å². The van der Waals surface area contributed by atoms with Gasteiger partial charge in [-0.15, -0.1) is 0 Å². The van der Waals surface area contributed by atoms with Crippen molar-refractivity contribution in [2.75, 3.05) is 7.11 Å². The Bertz CT molecular complexity index is 973. The maximum absolute atomic E-state index is 12.5. The van der Waals surface area contributed by atoms with Crippen molar-refractivity contribution in [2.45, 2.75) is 26.5 Å². The molecule has 8 heteroatoms. The molecule has 0 atom stereocenters. The highest BCUT2D eigenvalue weighted by Crippen LogP contribution is 2.38. The summed E-state index contributed by atoms with van der Waals surface area (Å²) in [5.41, 5.74) is 1.84. The van der Waals surface area contributed by atoms with Crippen molar-refractivity contribution in [1.82, 2.24) is 4.90 Å². The third-order valence-corrected chi connectivity index (χ3v) is 6.59. The van der Waals surface area contributed by atoms with E-state index in [4.69, 9.17) is 9.47 Å². The number of hydrogen-bond donors (Lipinski definition) is 0. The highest BCUT2D eigenvalue weighted by molar-refractivity contribution is 14.1. The van der Waals surface area contributed by atoms with Crippen LogP contribution in [0.3, 0.4) is 0 Å². The first-order chi connectivity index (χ1) is 13.8. The summed E-state index contributed by atoms with van der Waals surface area (Å²) in [5.74, 6) is 0.971. The molecular weight excluding hydrogens is 616 g/mol. The zero-order chi connectivity index (χ0) is 21.1. The second-order valence-corrected chi connectivity index (χ2v) is 10.00. The van der Waals surface area contributed by atoms with E-state index >= 15 is 0 Å². The first-order valence-corrected chi connectivity index (χ1v) is 11.8. The van der Waals surface area contributed by atoms with Gasteiger partial charge in [0.15, 0.2) is 11.5 Å². The summed E-state index contributed by atoms with van der Waals surface area (Å²) in [5, 5.41) is -0.240. The molecule has 0 radical (unpaired) electrons. The Kier molecular flexibility index (Phi) is 7.49. The lowest BCUT2D eigenvalue weighted by Crippen LogP contribution is -2.34. The molecular formula is C21H19I2NO4S. The van der Waals surface area contributed by atoms with E-state index in [9.17, 15) is 9.59 Å². The summed E-state index contributed by atoms with van der Waals surface area (Å²) >= 11 is 5.42. The van der Waals surface area contributed by atoms with Gasteiger partial charge in [-0.1, -0.05) is 12.1 Å². The number of carbonyl (C=O) groups is 2. The van der Waals surface area contributed by atoms with Gasteiger partial charge in [-0.25, -0.2) is 0 Å². The van der Waals surface area contributed by atoms with Crippen molar-refractivity contribution in [1.29, 1.82) is 0 Å². The van der Waals surface area contributed by atoms with Gasteiger partial charge in [0.05, 0.1) is 15.6 Å². The zero-order valence-electron chi connectivity index (χ0n) is 16.1. The Morgan fingerprint density at radius 2 is 1.83 bits per heavy atom. The van der Waals surface area contributed by atoms with E-state index in [0.29, 0.717) is 23.0 Å². The van der Waals surface area contributed by atoms with Crippen molar-refractivity contribution in [3.05, 3.63) is 59.6 Å². The minimum absolute atomic E-state index is 0.167. The van der Waals surface area contributed by atoms with Crippen LogP contribution in [0.15, 0.2) is 41.3 Å². The molecule has 0 saturated carbocycles. The number of imide groups is 1. The number of thioether (sulfide) groups is 1. The Morgan fingerprint density at radius 3 is 2.41 bits per heavy atom. The van der Waals surface area contributed by atoms with Crippen LogP contribution in [0.25, 0.3) is 6.08 Å². The summed E-state index contributed by atoms with van der Waals surface area (Å²) in [6.07, 6.45) is 1.72. The molecule has 1 aliphatic rings. The molecule has 0 aliphatic carbocycles. The summed E-state index contributed by atoms with van der Waals surface area (Å²) in [7, 11) is 1.58. The van der Waals surface area contributed by atoms with Crippen LogP contribution in [-0.2, 0) is 11.4 Å². The van der Waals surface area contributed by atoms with Crippen molar-refractivity contribution >= 4 is 74.2 Å². The second-order valence-electron chi connectivity index (χ2n) is 6.59. The molecule has 1 saturated heterocycles. The quantitative estimate of drug-likeness (QED) is 0.291. The molecule has 0 aromatic heterocycles. The molecule has 0 N–H and O–H groups in total. The van der Waals surface area contributed by atoms with Crippen molar-refractivity contribution in [3.8, 4) is 11.5 Å². The minimum atomic E-state index is -0.261. The highest BCUT2D eigenvalue weighted by atomic mass is 127. The van der Waals surface area contributed by atoms with Gasteiger partial charge in [0, 0.05) is 9.61 Å². The maximum Gasteiger partial charge on any atom is 0.293 e. The predicted molar refractivity (Wildman–Crippen MR) is 132 cm³/mol. The van der Waals surface area contributed by atoms with Crippen molar-refractivity contribution in [2.24, 2.45) is 0 Å². The Morgan fingerprint density at radius 1 is 1.14 bits per heavy atom. The average molecular weight is 635 g/mol. The number of rotatable bonds is 6. The number of hydrogen-bond acceptors (Lipinski definition) is 5. The highest BCUT2D eigenvalue weighted by Gasteiger charge is 2.36. The molecule has 0 spiro atoms. The Labute approximate surface area is 201 Å². The molecule has 1 aliphatic heterocycles. The summed E-state index contributed by atoms with van der Waals surface area (Å²) < 4.78 is 13.6. The topological polar surface area (TPSA) is 55.8 Å². The van der Waals surface area contributed by atoms with E-state index in [1.807, 2.05) is 50.2 Å². The molecule has 5 nitrogen and oxygen atoms in total. The van der Waals surface area contributed by atoms with Crippen LogP contribution in [0, 0.1) is 7.14 Å². The molecule has 29 heavy (non-hydrogen) atoms. The number of ether oxygens (including phenoxy) is 2. The Balaban J connectivity index is 1.84. The Hall–Kier alpha value is -1.27. The lowest BCUT2D eigenvalue weighted by molar-refractivity contribution is -0.123. The molecule has 152 valence electrons. The van der Waals surface area contributed by atoms with Crippen molar-refractivity contribution < 1.29 is 19.1 Å². The zero-order valence-corrected chi connectivity index (χ0v) is 21.2. The van der Waals surface area contributed by atoms with Crippen LogP contribution in [0.4, 0.5) is 4.79 Å². The van der Waals surface area contributed by atoms with Gasteiger partial charge in [-0.2, -0.15) is 0 Å². The maximum atomic E-state index is 12.5.